The zero-order valence-electron chi connectivity index (χ0n) is 15.4. The van der Waals surface area contributed by atoms with Gasteiger partial charge in [-0.3, -0.25) is 14.5 Å². The molecule has 4 unspecified atom stereocenters. The number of amides is 1. The second-order valence-corrected chi connectivity index (χ2v) is 8.18. The highest BCUT2D eigenvalue weighted by atomic mass is 16.4. The van der Waals surface area contributed by atoms with Crippen LogP contribution in [0.1, 0.15) is 61.8 Å². The van der Waals surface area contributed by atoms with Gasteiger partial charge in [0.25, 0.3) is 0 Å². The third kappa shape index (κ3) is 3.25. The number of nitrogens with one attached hydrogen (secondary N) is 1. The van der Waals surface area contributed by atoms with E-state index < -0.39 is 5.97 Å². The second kappa shape index (κ2) is 7.03. The molecule has 4 atom stereocenters. The number of carbonyl (C=O) groups is 2. The summed E-state index contributed by atoms with van der Waals surface area (Å²) in [5.74, 6) is -1.03. The van der Waals surface area contributed by atoms with Crippen molar-refractivity contribution >= 4 is 11.9 Å². The molecule has 5 heteroatoms. The van der Waals surface area contributed by atoms with Gasteiger partial charge in [-0.25, -0.2) is 0 Å². The van der Waals surface area contributed by atoms with Crippen LogP contribution < -0.4 is 5.32 Å². The molecule has 1 aliphatic carbocycles. The van der Waals surface area contributed by atoms with E-state index in [0.29, 0.717) is 13.0 Å². The molecule has 4 rings (SSSR count). The van der Waals surface area contributed by atoms with Crippen molar-refractivity contribution in [2.24, 2.45) is 5.92 Å². The maximum absolute atomic E-state index is 12.6. The van der Waals surface area contributed by atoms with Crippen LogP contribution in [0, 0.1) is 5.92 Å². The van der Waals surface area contributed by atoms with E-state index >= 15 is 0 Å². The van der Waals surface area contributed by atoms with E-state index in [1.54, 1.807) is 0 Å². The Labute approximate surface area is 154 Å². The lowest BCUT2D eigenvalue weighted by Gasteiger charge is -2.24. The van der Waals surface area contributed by atoms with E-state index in [1.807, 2.05) is 6.92 Å². The molecule has 26 heavy (non-hydrogen) atoms. The van der Waals surface area contributed by atoms with Crippen molar-refractivity contribution < 1.29 is 14.7 Å². The second-order valence-electron chi connectivity index (χ2n) is 8.18. The highest BCUT2D eigenvalue weighted by Crippen LogP contribution is 2.41. The third-order valence-electron chi connectivity index (χ3n) is 6.57. The Hall–Kier alpha value is -1.88. The monoisotopic (exact) mass is 356 g/mol. The van der Waals surface area contributed by atoms with E-state index in [-0.39, 0.29) is 30.0 Å². The SMILES string of the molecule is CC(NC(=O)CN1C2CCC1C(C(=O)O)C2)c1ccc2c(c1)CCCC2. The average molecular weight is 356 g/mol. The first-order valence-electron chi connectivity index (χ1n) is 9.92. The summed E-state index contributed by atoms with van der Waals surface area (Å²) in [6.07, 6.45) is 7.43. The zero-order chi connectivity index (χ0) is 18.3. The lowest BCUT2D eigenvalue weighted by atomic mass is 9.89. The fraction of sp³-hybridized carbons (Fsp3) is 0.619. The molecule has 1 amide bonds. The summed E-state index contributed by atoms with van der Waals surface area (Å²) >= 11 is 0. The molecule has 2 fully saturated rings. The van der Waals surface area contributed by atoms with Crippen LogP contribution in [0.2, 0.25) is 0 Å². The maximum atomic E-state index is 12.6. The smallest absolute Gasteiger partial charge is 0.308 e. The van der Waals surface area contributed by atoms with Crippen molar-refractivity contribution in [3.05, 3.63) is 34.9 Å². The number of carboxylic acids is 1. The number of benzene rings is 1. The standard InChI is InChI=1S/C21H28N2O3/c1-13(15-7-6-14-4-2-3-5-16(14)10-15)22-20(24)12-23-17-8-9-19(23)18(11-17)21(25)26/h6-7,10,13,17-19H,2-5,8-9,11-12H2,1H3,(H,22,24)(H,25,26). The molecular formula is C21H28N2O3. The van der Waals surface area contributed by atoms with Crippen molar-refractivity contribution in [3.63, 3.8) is 0 Å². The minimum absolute atomic E-state index is 0.00170. The Morgan fingerprint density at radius 1 is 1.23 bits per heavy atom. The molecule has 2 heterocycles. The van der Waals surface area contributed by atoms with Crippen LogP contribution in [0.5, 0.6) is 0 Å². The highest BCUT2D eigenvalue weighted by Gasteiger charge is 2.49. The number of carboxylic acid groups (broad SMARTS) is 1. The maximum Gasteiger partial charge on any atom is 0.308 e. The number of nitrogens with zero attached hydrogens (tertiary/aromatic N) is 1. The van der Waals surface area contributed by atoms with Gasteiger partial charge in [-0.05, 0) is 68.6 Å². The van der Waals surface area contributed by atoms with Crippen LogP contribution in [0.25, 0.3) is 0 Å². The lowest BCUT2D eigenvalue weighted by molar-refractivity contribution is -0.143. The summed E-state index contributed by atoms with van der Waals surface area (Å²) in [6.45, 7) is 2.34. The van der Waals surface area contributed by atoms with Gasteiger partial charge in [0.1, 0.15) is 0 Å². The van der Waals surface area contributed by atoms with Gasteiger partial charge >= 0.3 is 5.97 Å². The number of rotatable bonds is 5. The van der Waals surface area contributed by atoms with Gasteiger partial charge in [-0.15, -0.1) is 0 Å². The molecule has 1 aromatic carbocycles. The Bertz CT molecular complexity index is 717. The molecule has 0 spiro atoms. The largest absolute Gasteiger partial charge is 0.481 e. The highest BCUT2D eigenvalue weighted by molar-refractivity contribution is 5.79. The van der Waals surface area contributed by atoms with Gasteiger partial charge in [0, 0.05) is 12.1 Å². The van der Waals surface area contributed by atoms with E-state index in [0.717, 1.165) is 24.8 Å². The molecule has 140 valence electrons. The van der Waals surface area contributed by atoms with Crippen LogP contribution in [-0.4, -0.2) is 40.5 Å². The van der Waals surface area contributed by atoms with E-state index in [9.17, 15) is 14.7 Å². The normalized spacial score (nSPS) is 28.6. The topological polar surface area (TPSA) is 69.6 Å². The van der Waals surface area contributed by atoms with Crippen LogP contribution in [0.4, 0.5) is 0 Å². The average Bonchev–Trinajstić information content (AvgIpc) is 3.18. The van der Waals surface area contributed by atoms with Crippen molar-refractivity contribution in [1.82, 2.24) is 10.2 Å². The van der Waals surface area contributed by atoms with Gasteiger partial charge in [-0.2, -0.15) is 0 Å². The molecule has 2 N–H and O–H groups in total. The van der Waals surface area contributed by atoms with Crippen LogP contribution in [0.3, 0.4) is 0 Å². The number of hydrogen-bond acceptors (Lipinski definition) is 3. The molecule has 3 aliphatic rings. The molecule has 5 nitrogen and oxygen atoms in total. The lowest BCUT2D eigenvalue weighted by Crippen LogP contribution is -2.41. The van der Waals surface area contributed by atoms with Crippen LogP contribution in [-0.2, 0) is 22.4 Å². The van der Waals surface area contributed by atoms with Crippen molar-refractivity contribution in [2.75, 3.05) is 6.54 Å². The van der Waals surface area contributed by atoms with E-state index in [1.165, 1.54) is 30.4 Å². The van der Waals surface area contributed by atoms with Crippen LogP contribution >= 0.6 is 0 Å². The van der Waals surface area contributed by atoms with Gasteiger partial charge in [-0.1, -0.05) is 18.2 Å². The van der Waals surface area contributed by atoms with Gasteiger partial charge in [0.15, 0.2) is 0 Å². The van der Waals surface area contributed by atoms with E-state index in [2.05, 4.69) is 28.4 Å². The fourth-order valence-corrected chi connectivity index (χ4v) is 5.17. The quantitative estimate of drug-likeness (QED) is 0.851. The van der Waals surface area contributed by atoms with Crippen molar-refractivity contribution in [2.45, 2.75) is 70.0 Å². The number of aryl methyl sites for hydroxylation is 2. The molecule has 1 aromatic rings. The van der Waals surface area contributed by atoms with Gasteiger partial charge in [0.2, 0.25) is 5.91 Å². The fourth-order valence-electron chi connectivity index (χ4n) is 5.17. The van der Waals surface area contributed by atoms with Crippen LogP contribution in [0.15, 0.2) is 18.2 Å². The Balaban J connectivity index is 1.37. The Morgan fingerprint density at radius 2 is 2.00 bits per heavy atom. The predicted octanol–water partition coefficient (Wildman–Crippen LogP) is 2.68. The first kappa shape index (κ1) is 17.5. The van der Waals surface area contributed by atoms with Crippen molar-refractivity contribution in [3.8, 4) is 0 Å². The molecule has 0 radical (unpaired) electrons. The summed E-state index contributed by atoms with van der Waals surface area (Å²) in [4.78, 5) is 26.1. The predicted molar refractivity (Wildman–Crippen MR) is 98.9 cm³/mol. The van der Waals surface area contributed by atoms with Crippen molar-refractivity contribution in [1.29, 1.82) is 0 Å². The molecule has 2 saturated heterocycles. The summed E-state index contributed by atoms with van der Waals surface area (Å²) < 4.78 is 0. The summed E-state index contributed by atoms with van der Waals surface area (Å²) in [7, 11) is 0. The molecule has 2 aliphatic heterocycles. The third-order valence-corrected chi connectivity index (χ3v) is 6.57. The minimum atomic E-state index is -0.718. The summed E-state index contributed by atoms with van der Waals surface area (Å²) in [5.41, 5.74) is 4.04. The van der Waals surface area contributed by atoms with E-state index in [4.69, 9.17) is 0 Å². The number of carbonyl (C=O) groups excluding carboxylic acids is 1. The first-order chi connectivity index (χ1) is 12.5. The number of fused-ring (bicyclic) bond motifs is 3. The molecule has 0 aromatic heterocycles. The molecule has 0 saturated carbocycles. The van der Waals surface area contributed by atoms with Gasteiger partial charge in [0.05, 0.1) is 18.5 Å². The number of aliphatic carboxylic acids is 1. The first-order valence-corrected chi connectivity index (χ1v) is 9.92. The van der Waals surface area contributed by atoms with Gasteiger partial charge < -0.3 is 10.4 Å². The Morgan fingerprint density at radius 3 is 2.73 bits per heavy atom. The number of hydrogen-bond donors (Lipinski definition) is 2. The molecule has 2 bridgehead atoms. The summed E-state index contributed by atoms with van der Waals surface area (Å²) in [5, 5.41) is 12.5. The Kier molecular flexibility index (Phi) is 4.74. The minimum Gasteiger partial charge on any atom is -0.481 e. The summed E-state index contributed by atoms with van der Waals surface area (Å²) in [6, 6.07) is 6.86. The zero-order valence-corrected chi connectivity index (χ0v) is 15.4. The molecular weight excluding hydrogens is 328 g/mol.